The number of piperidine rings is 1. The highest BCUT2D eigenvalue weighted by atomic mass is 35.5. The van der Waals surface area contributed by atoms with Crippen LogP contribution >= 0.6 is 12.4 Å². The van der Waals surface area contributed by atoms with E-state index in [9.17, 15) is 9.59 Å². The fourth-order valence-electron chi connectivity index (χ4n) is 2.74. The van der Waals surface area contributed by atoms with Crippen LogP contribution in [-0.2, 0) is 9.59 Å². The molecule has 24 heavy (non-hydrogen) atoms. The summed E-state index contributed by atoms with van der Waals surface area (Å²) in [6.07, 6.45) is 3.08. The summed E-state index contributed by atoms with van der Waals surface area (Å²) in [6, 6.07) is 6.80. The monoisotopic (exact) mass is 355 g/mol. The lowest BCUT2D eigenvalue weighted by Gasteiger charge is -2.34. The largest absolute Gasteiger partial charge is 0.492 e. The van der Waals surface area contributed by atoms with Crippen LogP contribution in [0.3, 0.4) is 0 Å². The number of nitrogens with zero attached hydrogens (tertiary/aromatic N) is 1. The number of nitrogens with two attached hydrogens (primary N) is 1. The first-order valence-electron chi connectivity index (χ1n) is 8.19. The van der Waals surface area contributed by atoms with Gasteiger partial charge in [-0.15, -0.1) is 12.4 Å². The molecule has 1 aromatic rings. The number of benzene rings is 1. The predicted octanol–water partition coefficient (Wildman–Crippen LogP) is 2.18. The van der Waals surface area contributed by atoms with Crippen LogP contribution in [0, 0.1) is 0 Å². The van der Waals surface area contributed by atoms with E-state index in [2.05, 4.69) is 5.32 Å². The summed E-state index contributed by atoms with van der Waals surface area (Å²) in [7, 11) is 0. The van der Waals surface area contributed by atoms with Crippen LogP contribution in [0.5, 0.6) is 5.75 Å². The summed E-state index contributed by atoms with van der Waals surface area (Å²) in [6.45, 7) is 3.41. The van der Waals surface area contributed by atoms with E-state index < -0.39 is 0 Å². The second kappa shape index (κ2) is 10.2. The summed E-state index contributed by atoms with van der Waals surface area (Å²) in [5, 5.41) is 2.89. The van der Waals surface area contributed by atoms with E-state index in [1.165, 1.54) is 0 Å². The SMILES string of the molecule is CCC(=O)N1CCCCC1C(=O)Nc1ccc(OCCN)cc1.Cl. The van der Waals surface area contributed by atoms with Crippen molar-refractivity contribution in [2.75, 3.05) is 25.0 Å². The summed E-state index contributed by atoms with van der Waals surface area (Å²) in [5.74, 6) is 0.631. The molecule has 1 fully saturated rings. The maximum absolute atomic E-state index is 12.5. The molecule has 0 aromatic heterocycles. The number of hydrogen-bond acceptors (Lipinski definition) is 4. The molecule has 1 heterocycles. The van der Waals surface area contributed by atoms with Crippen molar-refractivity contribution < 1.29 is 14.3 Å². The Bertz CT molecular complexity index is 536. The first kappa shape index (κ1) is 20.3. The Morgan fingerprint density at radius 3 is 2.62 bits per heavy atom. The zero-order valence-electron chi connectivity index (χ0n) is 14.0. The van der Waals surface area contributed by atoms with E-state index in [0.717, 1.165) is 19.3 Å². The first-order chi connectivity index (χ1) is 11.2. The molecule has 0 aliphatic carbocycles. The van der Waals surface area contributed by atoms with Crippen molar-refractivity contribution in [3.8, 4) is 5.75 Å². The Kier molecular flexibility index (Phi) is 8.57. The first-order valence-corrected chi connectivity index (χ1v) is 8.19. The number of amides is 2. The van der Waals surface area contributed by atoms with E-state index in [1.807, 2.05) is 6.92 Å². The van der Waals surface area contributed by atoms with Crippen LogP contribution in [0.2, 0.25) is 0 Å². The van der Waals surface area contributed by atoms with Gasteiger partial charge < -0.3 is 20.7 Å². The van der Waals surface area contributed by atoms with Crippen LogP contribution in [0.15, 0.2) is 24.3 Å². The Morgan fingerprint density at radius 1 is 1.29 bits per heavy atom. The average Bonchev–Trinajstić information content (AvgIpc) is 2.60. The smallest absolute Gasteiger partial charge is 0.247 e. The molecule has 2 amide bonds. The van der Waals surface area contributed by atoms with Gasteiger partial charge in [0.25, 0.3) is 0 Å². The van der Waals surface area contributed by atoms with Gasteiger partial charge in [0.1, 0.15) is 18.4 Å². The summed E-state index contributed by atoms with van der Waals surface area (Å²) >= 11 is 0. The average molecular weight is 356 g/mol. The lowest BCUT2D eigenvalue weighted by Crippen LogP contribution is -2.49. The minimum atomic E-state index is -0.371. The molecule has 6 nitrogen and oxygen atoms in total. The fraction of sp³-hybridized carbons (Fsp3) is 0.529. The number of carbonyl (C=O) groups is 2. The van der Waals surface area contributed by atoms with Gasteiger partial charge >= 0.3 is 0 Å². The number of anilines is 1. The molecule has 0 spiro atoms. The molecule has 2 rings (SSSR count). The lowest BCUT2D eigenvalue weighted by molar-refractivity contribution is -0.140. The fourth-order valence-corrected chi connectivity index (χ4v) is 2.74. The quantitative estimate of drug-likeness (QED) is 0.819. The Hall–Kier alpha value is -1.79. The van der Waals surface area contributed by atoms with E-state index in [-0.39, 0.29) is 30.3 Å². The Balaban J connectivity index is 0.00000288. The van der Waals surface area contributed by atoms with Gasteiger partial charge in [-0.2, -0.15) is 0 Å². The van der Waals surface area contributed by atoms with Gasteiger partial charge in [-0.1, -0.05) is 6.92 Å². The van der Waals surface area contributed by atoms with Crippen LogP contribution in [0.4, 0.5) is 5.69 Å². The second-order valence-corrected chi connectivity index (χ2v) is 5.60. The van der Waals surface area contributed by atoms with Crippen LogP contribution in [-0.4, -0.2) is 42.5 Å². The summed E-state index contributed by atoms with van der Waals surface area (Å²) in [5.41, 5.74) is 6.09. The second-order valence-electron chi connectivity index (χ2n) is 5.60. The van der Waals surface area contributed by atoms with Crippen LogP contribution < -0.4 is 15.8 Å². The Labute approximate surface area is 149 Å². The normalized spacial score (nSPS) is 16.9. The highest BCUT2D eigenvalue weighted by Crippen LogP contribution is 2.21. The predicted molar refractivity (Wildman–Crippen MR) is 96.5 cm³/mol. The van der Waals surface area contributed by atoms with Crippen molar-refractivity contribution >= 4 is 29.9 Å². The highest BCUT2D eigenvalue weighted by Gasteiger charge is 2.31. The van der Waals surface area contributed by atoms with Crippen molar-refractivity contribution in [3.63, 3.8) is 0 Å². The topological polar surface area (TPSA) is 84.7 Å². The molecular formula is C17H26ClN3O3. The molecule has 134 valence electrons. The number of nitrogens with one attached hydrogen (secondary N) is 1. The van der Waals surface area contributed by atoms with Crippen molar-refractivity contribution in [1.82, 2.24) is 4.90 Å². The molecule has 0 bridgehead atoms. The number of carbonyl (C=O) groups excluding carboxylic acids is 2. The summed E-state index contributed by atoms with van der Waals surface area (Å²) in [4.78, 5) is 26.2. The van der Waals surface area contributed by atoms with Gasteiger partial charge in [0.05, 0.1) is 0 Å². The number of halogens is 1. The molecular weight excluding hydrogens is 330 g/mol. The number of likely N-dealkylation sites (tertiary alicyclic amines) is 1. The molecule has 7 heteroatoms. The molecule has 1 saturated heterocycles. The number of rotatable bonds is 6. The van der Waals surface area contributed by atoms with Gasteiger partial charge in [-0.05, 0) is 43.5 Å². The molecule has 1 aliphatic heterocycles. The van der Waals surface area contributed by atoms with Gasteiger partial charge in [-0.3, -0.25) is 9.59 Å². The van der Waals surface area contributed by atoms with Gasteiger partial charge in [0.15, 0.2) is 0 Å². The maximum atomic E-state index is 12.5. The molecule has 1 atom stereocenters. The standard InChI is InChI=1S/C17H25N3O3.ClH/c1-2-16(21)20-11-4-3-5-15(20)17(22)19-13-6-8-14(9-7-13)23-12-10-18;/h6-9,15H,2-5,10-12,18H2,1H3,(H,19,22);1H. The molecule has 1 aliphatic rings. The lowest BCUT2D eigenvalue weighted by atomic mass is 10.0. The van der Waals surface area contributed by atoms with Gasteiger partial charge in [0, 0.05) is 25.2 Å². The van der Waals surface area contributed by atoms with Crippen molar-refractivity contribution in [3.05, 3.63) is 24.3 Å². The highest BCUT2D eigenvalue weighted by molar-refractivity contribution is 5.97. The molecule has 0 radical (unpaired) electrons. The zero-order chi connectivity index (χ0) is 16.7. The van der Waals surface area contributed by atoms with Crippen molar-refractivity contribution in [2.24, 2.45) is 5.73 Å². The Morgan fingerprint density at radius 2 is 2.00 bits per heavy atom. The van der Waals surface area contributed by atoms with E-state index in [0.29, 0.717) is 37.6 Å². The van der Waals surface area contributed by atoms with Gasteiger partial charge in [-0.25, -0.2) is 0 Å². The van der Waals surface area contributed by atoms with Crippen molar-refractivity contribution in [1.29, 1.82) is 0 Å². The number of hydrogen-bond donors (Lipinski definition) is 2. The van der Waals surface area contributed by atoms with Crippen LogP contribution in [0.25, 0.3) is 0 Å². The zero-order valence-corrected chi connectivity index (χ0v) is 14.8. The third-order valence-electron chi connectivity index (χ3n) is 3.94. The van der Waals surface area contributed by atoms with Crippen LogP contribution in [0.1, 0.15) is 32.6 Å². The minimum absolute atomic E-state index is 0. The van der Waals surface area contributed by atoms with E-state index in [4.69, 9.17) is 10.5 Å². The van der Waals surface area contributed by atoms with E-state index >= 15 is 0 Å². The molecule has 0 saturated carbocycles. The molecule has 1 aromatic carbocycles. The molecule has 1 unspecified atom stereocenters. The van der Waals surface area contributed by atoms with Crippen molar-refractivity contribution in [2.45, 2.75) is 38.6 Å². The van der Waals surface area contributed by atoms with E-state index in [1.54, 1.807) is 29.2 Å². The third kappa shape index (κ3) is 5.39. The number of ether oxygens (including phenoxy) is 1. The molecule has 3 N–H and O–H groups in total. The summed E-state index contributed by atoms with van der Waals surface area (Å²) < 4.78 is 5.40. The maximum Gasteiger partial charge on any atom is 0.247 e. The van der Waals surface area contributed by atoms with Gasteiger partial charge in [0.2, 0.25) is 11.8 Å². The minimum Gasteiger partial charge on any atom is -0.492 e. The third-order valence-corrected chi connectivity index (χ3v) is 3.94.